The van der Waals surface area contributed by atoms with Crippen molar-refractivity contribution in [1.82, 2.24) is 9.78 Å². The first-order valence-electron chi connectivity index (χ1n) is 6.98. The minimum absolute atomic E-state index is 0.0260. The van der Waals surface area contributed by atoms with Gasteiger partial charge in [0.25, 0.3) is 0 Å². The number of halogens is 1. The Morgan fingerprint density at radius 1 is 1.30 bits per heavy atom. The van der Waals surface area contributed by atoms with Crippen LogP contribution in [0.5, 0.6) is 0 Å². The van der Waals surface area contributed by atoms with Gasteiger partial charge < -0.3 is 5.73 Å². The maximum atomic E-state index is 13.1. The molecule has 0 saturated heterocycles. The van der Waals surface area contributed by atoms with E-state index in [4.69, 9.17) is 5.73 Å². The summed E-state index contributed by atoms with van der Waals surface area (Å²) in [5, 5.41) is 4.58. The van der Waals surface area contributed by atoms with E-state index in [1.165, 1.54) is 6.07 Å². The molecule has 0 fully saturated rings. The van der Waals surface area contributed by atoms with E-state index in [9.17, 15) is 4.39 Å². The lowest BCUT2D eigenvalue weighted by Crippen LogP contribution is -2.11. The summed E-state index contributed by atoms with van der Waals surface area (Å²) in [6.07, 6.45) is 0.892. The Labute approximate surface area is 119 Å². The zero-order chi connectivity index (χ0) is 14.9. The number of benzene rings is 1. The average molecular weight is 275 g/mol. The summed E-state index contributed by atoms with van der Waals surface area (Å²) < 4.78 is 15.1. The van der Waals surface area contributed by atoms with E-state index in [2.05, 4.69) is 12.0 Å². The molecule has 1 atom stereocenters. The predicted octanol–water partition coefficient (Wildman–Crippen LogP) is 3.41. The summed E-state index contributed by atoms with van der Waals surface area (Å²) in [5.74, 6) is -0.201. The minimum Gasteiger partial charge on any atom is -0.324 e. The van der Waals surface area contributed by atoms with Crippen molar-refractivity contribution in [3.05, 3.63) is 52.1 Å². The minimum atomic E-state index is -0.201. The fraction of sp³-hybridized carbons (Fsp3) is 0.438. The zero-order valence-corrected chi connectivity index (χ0v) is 12.6. The molecule has 2 N–H and O–H groups in total. The summed E-state index contributed by atoms with van der Waals surface area (Å²) in [6.45, 7) is 8.68. The molecule has 2 aromatic rings. The van der Waals surface area contributed by atoms with Gasteiger partial charge in [-0.15, -0.1) is 0 Å². The van der Waals surface area contributed by atoms with Crippen LogP contribution in [0.4, 0.5) is 4.39 Å². The Morgan fingerprint density at radius 3 is 2.60 bits per heavy atom. The third-order valence-corrected chi connectivity index (χ3v) is 3.87. The number of rotatable bonds is 4. The van der Waals surface area contributed by atoms with E-state index in [-0.39, 0.29) is 11.9 Å². The highest BCUT2D eigenvalue weighted by Crippen LogP contribution is 2.23. The van der Waals surface area contributed by atoms with Crippen molar-refractivity contribution in [2.24, 2.45) is 5.73 Å². The van der Waals surface area contributed by atoms with Gasteiger partial charge in [0, 0.05) is 17.3 Å². The van der Waals surface area contributed by atoms with Crippen molar-refractivity contribution in [3.63, 3.8) is 0 Å². The van der Waals surface area contributed by atoms with E-state index in [0.29, 0.717) is 6.54 Å². The highest BCUT2D eigenvalue weighted by molar-refractivity contribution is 5.31. The second-order valence-corrected chi connectivity index (χ2v) is 5.33. The van der Waals surface area contributed by atoms with Crippen LogP contribution in [-0.2, 0) is 6.54 Å². The number of hydrogen-bond acceptors (Lipinski definition) is 2. The molecule has 1 heterocycles. The van der Waals surface area contributed by atoms with Crippen molar-refractivity contribution in [2.45, 2.75) is 46.7 Å². The predicted molar refractivity (Wildman–Crippen MR) is 79.2 cm³/mol. The highest BCUT2D eigenvalue weighted by Gasteiger charge is 2.17. The maximum Gasteiger partial charge on any atom is 0.123 e. The fourth-order valence-corrected chi connectivity index (χ4v) is 2.60. The first kappa shape index (κ1) is 14.7. The second-order valence-electron chi connectivity index (χ2n) is 5.33. The van der Waals surface area contributed by atoms with Crippen LogP contribution in [0.1, 0.15) is 47.5 Å². The molecule has 4 heteroatoms. The van der Waals surface area contributed by atoms with Gasteiger partial charge in [-0.25, -0.2) is 4.39 Å². The van der Waals surface area contributed by atoms with Gasteiger partial charge >= 0.3 is 0 Å². The number of aromatic nitrogens is 2. The molecule has 1 aromatic heterocycles. The molecule has 0 aliphatic heterocycles. The van der Waals surface area contributed by atoms with Crippen LogP contribution in [0.2, 0.25) is 0 Å². The standard InChI is InChI=1S/C16H22FN3/c1-5-15(18)16-11(3)19-20(12(16)4)9-13-6-7-14(17)8-10(13)2/h6-8,15H,5,9,18H2,1-4H3. The highest BCUT2D eigenvalue weighted by atomic mass is 19.1. The molecule has 3 nitrogen and oxygen atoms in total. The lowest BCUT2D eigenvalue weighted by atomic mass is 10.0. The number of nitrogens with two attached hydrogens (primary N) is 1. The van der Waals surface area contributed by atoms with Crippen LogP contribution < -0.4 is 5.73 Å². The van der Waals surface area contributed by atoms with Gasteiger partial charge in [-0.2, -0.15) is 5.10 Å². The van der Waals surface area contributed by atoms with Crippen LogP contribution >= 0.6 is 0 Å². The zero-order valence-electron chi connectivity index (χ0n) is 12.6. The van der Waals surface area contributed by atoms with Gasteiger partial charge in [0.15, 0.2) is 0 Å². The maximum absolute atomic E-state index is 13.1. The van der Waals surface area contributed by atoms with Gasteiger partial charge in [0.1, 0.15) is 5.82 Å². The van der Waals surface area contributed by atoms with Crippen LogP contribution in [-0.4, -0.2) is 9.78 Å². The molecule has 1 aromatic carbocycles. The molecule has 0 spiro atoms. The monoisotopic (exact) mass is 275 g/mol. The summed E-state index contributed by atoms with van der Waals surface area (Å²) >= 11 is 0. The summed E-state index contributed by atoms with van der Waals surface area (Å²) in [4.78, 5) is 0. The number of aryl methyl sites for hydroxylation is 2. The van der Waals surface area contributed by atoms with Gasteiger partial charge in [0.05, 0.1) is 12.2 Å². The third kappa shape index (κ3) is 2.75. The molecule has 1 unspecified atom stereocenters. The SMILES string of the molecule is CCC(N)c1c(C)nn(Cc2ccc(F)cc2C)c1C. The summed E-state index contributed by atoms with van der Waals surface area (Å²) in [7, 11) is 0. The average Bonchev–Trinajstić information content (AvgIpc) is 2.67. The van der Waals surface area contributed by atoms with E-state index in [1.807, 2.05) is 31.5 Å². The molecule has 0 radical (unpaired) electrons. The molecule has 0 saturated carbocycles. The Morgan fingerprint density at radius 2 is 2.00 bits per heavy atom. The Hall–Kier alpha value is -1.68. The van der Waals surface area contributed by atoms with Gasteiger partial charge in [0.2, 0.25) is 0 Å². The Balaban J connectivity index is 2.35. The second kappa shape index (κ2) is 5.75. The van der Waals surface area contributed by atoms with E-state index >= 15 is 0 Å². The summed E-state index contributed by atoms with van der Waals surface area (Å²) in [5.41, 5.74) is 11.4. The Kier molecular flexibility index (Phi) is 4.23. The number of hydrogen-bond donors (Lipinski definition) is 1. The van der Waals surface area contributed by atoms with Crippen molar-refractivity contribution in [3.8, 4) is 0 Å². The molecule has 0 aliphatic carbocycles. The van der Waals surface area contributed by atoms with Crippen LogP contribution in [0.3, 0.4) is 0 Å². The topological polar surface area (TPSA) is 43.8 Å². The van der Waals surface area contributed by atoms with Gasteiger partial charge in [-0.3, -0.25) is 4.68 Å². The molecule has 0 aliphatic rings. The fourth-order valence-electron chi connectivity index (χ4n) is 2.60. The smallest absolute Gasteiger partial charge is 0.123 e. The van der Waals surface area contributed by atoms with Gasteiger partial charge in [-0.1, -0.05) is 13.0 Å². The quantitative estimate of drug-likeness (QED) is 0.929. The molecule has 20 heavy (non-hydrogen) atoms. The van der Waals surface area contributed by atoms with Crippen LogP contribution in [0.25, 0.3) is 0 Å². The van der Waals surface area contributed by atoms with Crippen molar-refractivity contribution >= 4 is 0 Å². The molecule has 0 amide bonds. The van der Waals surface area contributed by atoms with Gasteiger partial charge in [-0.05, 0) is 50.5 Å². The first-order valence-corrected chi connectivity index (χ1v) is 6.98. The van der Waals surface area contributed by atoms with Crippen LogP contribution in [0, 0.1) is 26.6 Å². The van der Waals surface area contributed by atoms with Crippen molar-refractivity contribution in [2.75, 3.05) is 0 Å². The molecular formula is C16H22FN3. The molecule has 2 rings (SSSR count). The molecule has 0 bridgehead atoms. The number of nitrogens with zero attached hydrogens (tertiary/aromatic N) is 2. The van der Waals surface area contributed by atoms with Crippen LogP contribution in [0.15, 0.2) is 18.2 Å². The molecular weight excluding hydrogens is 253 g/mol. The molecule has 108 valence electrons. The van der Waals surface area contributed by atoms with Crippen molar-refractivity contribution in [1.29, 1.82) is 0 Å². The Bertz CT molecular complexity index is 616. The third-order valence-electron chi connectivity index (χ3n) is 3.87. The largest absolute Gasteiger partial charge is 0.324 e. The lowest BCUT2D eigenvalue weighted by molar-refractivity contribution is 0.619. The lowest BCUT2D eigenvalue weighted by Gasteiger charge is -2.11. The van der Waals surface area contributed by atoms with E-state index < -0.39 is 0 Å². The summed E-state index contributed by atoms with van der Waals surface area (Å²) in [6, 6.07) is 4.89. The first-order chi connectivity index (χ1) is 9.43. The van der Waals surface area contributed by atoms with E-state index in [1.54, 1.807) is 6.07 Å². The van der Waals surface area contributed by atoms with E-state index in [0.717, 1.165) is 34.5 Å². The van der Waals surface area contributed by atoms with Crippen molar-refractivity contribution < 1.29 is 4.39 Å². The normalized spacial score (nSPS) is 12.7.